The first-order valence-electron chi connectivity index (χ1n) is 6.30. The Hall–Kier alpha value is -3.03. The van der Waals surface area contributed by atoms with Crippen LogP contribution in [0.2, 0.25) is 0 Å². The second-order valence-electron chi connectivity index (χ2n) is 4.60. The second-order valence-corrected chi connectivity index (χ2v) is 4.60. The lowest BCUT2D eigenvalue weighted by atomic mass is 9.96. The van der Waals surface area contributed by atoms with Crippen LogP contribution in [0.15, 0.2) is 42.5 Å². The largest absolute Gasteiger partial charge is 0.478 e. The van der Waals surface area contributed by atoms with Crippen LogP contribution in [0, 0.1) is 0 Å². The zero-order valence-corrected chi connectivity index (χ0v) is 11.5. The lowest BCUT2D eigenvalue weighted by Crippen LogP contribution is -2.21. The monoisotopic (exact) mass is 324 g/mol. The van der Waals surface area contributed by atoms with E-state index in [0.717, 1.165) is 12.1 Å². The van der Waals surface area contributed by atoms with Crippen LogP contribution in [0.1, 0.15) is 15.9 Å². The van der Waals surface area contributed by atoms with E-state index in [9.17, 15) is 27.9 Å². The molecule has 5 nitrogen and oxygen atoms in total. The number of carbonyl (C=O) groups excluding carboxylic acids is 1. The molecule has 8 heteroatoms. The number of alkyl halides is 3. The summed E-state index contributed by atoms with van der Waals surface area (Å²) in [6, 6.07) is 7.34. The van der Waals surface area contributed by atoms with Crippen molar-refractivity contribution in [1.82, 2.24) is 0 Å². The number of hydrogen-bond acceptors (Lipinski definition) is 2. The number of urea groups is 1. The number of aromatic carboxylic acids is 1. The summed E-state index contributed by atoms with van der Waals surface area (Å²) in [7, 11) is 0. The summed E-state index contributed by atoms with van der Waals surface area (Å²) in [6.07, 6.45) is -4.55. The molecule has 23 heavy (non-hydrogen) atoms. The highest BCUT2D eigenvalue weighted by Gasteiger charge is 2.30. The van der Waals surface area contributed by atoms with Gasteiger partial charge in [-0.05, 0) is 29.3 Å². The highest BCUT2D eigenvalue weighted by atomic mass is 19.4. The van der Waals surface area contributed by atoms with Gasteiger partial charge in [0.15, 0.2) is 0 Å². The van der Waals surface area contributed by atoms with Gasteiger partial charge in [0, 0.05) is 0 Å². The predicted octanol–water partition coefficient (Wildman–Crippen LogP) is 3.56. The van der Waals surface area contributed by atoms with Gasteiger partial charge in [-0.2, -0.15) is 13.2 Å². The fourth-order valence-corrected chi connectivity index (χ4v) is 2.12. The fourth-order valence-electron chi connectivity index (χ4n) is 2.12. The Morgan fingerprint density at radius 3 is 2.30 bits per heavy atom. The van der Waals surface area contributed by atoms with Crippen molar-refractivity contribution in [3.05, 3.63) is 53.6 Å². The van der Waals surface area contributed by atoms with Crippen LogP contribution in [0.4, 0.5) is 23.7 Å². The standard InChI is InChI=1S/C15H11F3N2O3/c16-15(17,18)9-4-1-3-8(7-9)10-5-2-6-11(20-14(19)23)12(10)13(21)22/h1-7H,(H,21,22)(H3,19,20,23). The Morgan fingerprint density at radius 1 is 1.09 bits per heavy atom. The molecule has 4 N–H and O–H groups in total. The Bertz CT molecular complexity index is 773. The van der Waals surface area contributed by atoms with Crippen molar-refractivity contribution in [3.63, 3.8) is 0 Å². The number of nitrogens with two attached hydrogens (primary N) is 1. The van der Waals surface area contributed by atoms with Gasteiger partial charge in [-0.15, -0.1) is 0 Å². The number of halogens is 3. The number of primary amides is 1. The fraction of sp³-hybridized carbons (Fsp3) is 0.0667. The van der Waals surface area contributed by atoms with Crippen molar-refractivity contribution in [1.29, 1.82) is 0 Å². The molecule has 0 spiro atoms. The molecule has 0 fully saturated rings. The number of carboxylic acid groups (broad SMARTS) is 1. The summed E-state index contributed by atoms with van der Waals surface area (Å²) in [4.78, 5) is 22.4. The molecule has 120 valence electrons. The topological polar surface area (TPSA) is 92.4 Å². The molecular formula is C15H11F3N2O3. The van der Waals surface area contributed by atoms with E-state index in [1.54, 1.807) is 0 Å². The first-order chi connectivity index (χ1) is 10.7. The minimum atomic E-state index is -4.55. The number of anilines is 1. The molecule has 0 unspecified atom stereocenters. The van der Waals surface area contributed by atoms with Gasteiger partial charge >= 0.3 is 18.2 Å². The van der Waals surface area contributed by atoms with E-state index in [-0.39, 0.29) is 22.4 Å². The Labute approximate surface area is 128 Å². The lowest BCUT2D eigenvalue weighted by Gasteiger charge is -2.13. The summed E-state index contributed by atoms with van der Waals surface area (Å²) in [6.45, 7) is 0. The molecular weight excluding hydrogens is 313 g/mol. The van der Waals surface area contributed by atoms with Crippen LogP contribution in [-0.4, -0.2) is 17.1 Å². The van der Waals surface area contributed by atoms with E-state index in [2.05, 4.69) is 5.32 Å². The van der Waals surface area contributed by atoms with E-state index >= 15 is 0 Å². The number of rotatable bonds is 3. The van der Waals surface area contributed by atoms with Crippen molar-refractivity contribution < 1.29 is 27.9 Å². The van der Waals surface area contributed by atoms with Gasteiger partial charge in [-0.25, -0.2) is 9.59 Å². The van der Waals surface area contributed by atoms with Gasteiger partial charge < -0.3 is 16.2 Å². The molecule has 0 atom stereocenters. The number of amides is 2. The molecule has 0 bridgehead atoms. The highest BCUT2D eigenvalue weighted by molar-refractivity contribution is 6.05. The predicted molar refractivity (Wildman–Crippen MR) is 77.0 cm³/mol. The van der Waals surface area contributed by atoms with Gasteiger partial charge in [0.05, 0.1) is 16.8 Å². The second kappa shape index (κ2) is 5.99. The van der Waals surface area contributed by atoms with Crippen LogP contribution in [0.25, 0.3) is 11.1 Å². The maximum absolute atomic E-state index is 12.8. The molecule has 0 aliphatic carbocycles. The molecule has 2 aromatic rings. The van der Waals surface area contributed by atoms with Crippen LogP contribution >= 0.6 is 0 Å². The molecule has 2 aromatic carbocycles. The molecule has 2 amide bonds. The van der Waals surface area contributed by atoms with E-state index in [1.807, 2.05) is 0 Å². The third-order valence-electron chi connectivity index (χ3n) is 3.04. The van der Waals surface area contributed by atoms with Crippen molar-refractivity contribution in [2.24, 2.45) is 5.73 Å². The molecule has 0 saturated heterocycles. The first kappa shape index (κ1) is 16.3. The first-order valence-corrected chi connectivity index (χ1v) is 6.30. The molecule has 2 rings (SSSR count). The molecule has 0 aliphatic rings. The van der Waals surface area contributed by atoms with Gasteiger partial charge in [0.1, 0.15) is 0 Å². The smallest absolute Gasteiger partial charge is 0.416 e. The maximum atomic E-state index is 12.8. The zero-order valence-electron chi connectivity index (χ0n) is 11.5. The zero-order chi connectivity index (χ0) is 17.2. The van der Waals surface area contributed by atoms with E-state index < -0.39 is 23.7 Å². The molecule has 0 saturated carbocycles. The van der Waals surface area contributed by atoms with Gasteiger partial charge in [0.25, 0.3) is 0 Å². The summed E-state index contributed by atoms with van der Waals surface area (Å²) in [5, 5.41) is 11.5. The minimum absolute atomic E-state index is 0.0369. The Morgan fingerprint density at radius 2 is 1.74 bits per heavy atom. The number of benzene rings is 2. The summed E-state index contributed by atoms with van der Waals surface area (Å²) in [5.74, 6) is -1.40. The van der Waals surface area contributed by atoms with Gasteiger partial charge in [-0.3, -0.25) is 0 Å². The number of carbonyl (C=O) groups is 2. The van der Waals surface area contributed by atoms with E-state index in [0.29, 0.717) is 0 Å². The number of hydrogen-bond donors (Lipinski definition) is 3. The van der Waals surface area contributed by atoms with Crippen molar-refractivity contribution in [3.8, 4) is 11.1 Å². The normalized spacial score (nSPS) is 11.1. The van der Waals surface area contributed by atoms with Crippen molar-refractivity contribution in [2.75, 3.05) is 5.32 Å². The lowest BCUT2D eigenvalue weighted by molar-refractivity contribution is -0.137. The highest BCUT2D eigenvalue weighted by Crippen LogP contribution is 2.34. The maximum Gasteiger partial charge on any atom is 0.416 e. The van der Waals surface area contributed by atoms with Crippen LogP contribution in [0.3, 0.4) is 0 Å². The van der Waals surface area contributed by atoms with E-state index in [4.69, 9.17) is 5.73 Å². The number of nitrogens with one attached hydrogen (secondary N) is 1. The average Bonchev–Trinajstić information content (AvgIpc) is 2.45. The van der Waals surface area contributed by atoms with Gasteiger partial charge in [0.2, 0.25) is 0 Å². The SMILES string of the molecule is NC(=O)Nc1cccc(-c2cccc(C(F)(F)F)c2)c1C(=O)O. The molecule has 0 heterocycles. The Kier molecular flexibility index (Phi) is 4.26. The van der Waals surface area contributed by atoms with Crippen LogP contribution < -0.4 is 11.1 Å². The quantitative estimate of drug-likeness (QED) is 0.806. The third kappa shape index (κ3) is 3.60. The summed E-state index contributed by atoms with van der Waals surface area (Å²) in [5.41, 5.74) is 3.73. The summed E-state index contributed by atoms with van der Waals surface area (Å²) >= 11 is 0. The molecule has 0 aromatic heterocycles. The summed E-state index contributed by atoms with van der Waals surface area (Å²) < 4.78 is 38.4. The number of carboxylic acids is 1. The van der Waals surface area contributed by atoms with E-state index in [1.165, 1.54) is 30.3 Å². The third-order valence-corrected chi connectivity index (χ3v) is 3.04. The Balaban J connectivity index is 2.64. The van der Waals surface area contributed by atoms with Crippen molar-refractivity contribution >= 4 is 17.7 Å². The molecule has 0 aliphatic heterocycles. The molecule has 0 radical (unpaired) electrons. The average molecular weight is 324 g/mol. The van der Waals surface area contributed by atoms with Crippen molar-refractivity contribution in [2.45, 2.75) is 6.18 Å². The van der Waals surface area contributed by atoms with Gasteiger partial charge in [-0.1, -0.05) is 24.3 Å². The van der Waals surface area contributed by atoms with Crippen LogP contribution in [-0.2, 0) is 6.18 Å². The minimum Gasteiger partial charge on any atom is -0.478 e. The van der Waals surface area contributed by atoms with Crippen LogP contribution in [0.5, 0.6) is 0 Å².